The van der Waals surface area contributed by atoms with Gasteiger partial charge in [0, 0.05) is 5.56 Å². The molecule has 3 nitrogen and oxygen atoms in total. The van der Waals surface area contributed by atoms with Crippen LogP contribution in [0.4, 0.5) is 0 Å². The smallest absolute Gasteiger partial charge is 0.175 e. The lowest BCUT2D eigenvalue weighted by atomic mass is 10.1. The van der Waals surface area contributed by atoms with Gasteiger partial charge in [-0.2, -0.15) is 0 Å². The van der Waals surface area contributed by atoms with Gasteiger partial charge >= 0.3 is 0 Å². The lowest BCUT2D eigenvalue weighted by Crippen LogP contribution is -1.94. The standard InChI is InChI=1S/C9H10ClNO2/c1-6-3-4-7(9(10)11-12)5-8(6)13-2/h3-5,12H,1-2H3/b11-9+. The highest BCUT2D eigenvalue weighted by Crippen LogP contribution is 2.20. The molecule has 4 heteroatoms. The maximum atomic E-state index is 8.44. The summed E-state index contributed by atoms with van der Waals surface area (Å²) in [6.07, 6.45) is 0. The normalized spacial score (nSPS) is 11.5. The van der Waals surface area contributed by atoms with Crippen molar-refractivity contribution in [2.24, 2.45) is 5.16 Å². The zero-order chi connectivity index (χ0) is 9.84. The molecule has 1 rings (SSSR count). The van der Waals surface area contributed by atoms with E-state index in [1.54, 1.807) is 19.2 Å². The van der Waals surface area contributed by atoms with Gasteiger partial charge in [0.25, 0.3) is 0 Å². The Labute approximate surface area is 81.6 Å². The largest absolute Gasteiger partial charge is 0.496 e. The summed E-state index contributed by atoms with van der Waals surface area (Å²) in [6.45, 7) is 1.92. The average Bonchev–Trinajstić information content (AvgIpc) is 2.17. The van der Waals surface area contributed by atoms with Crippen molar-refractivity contribution in [1.82, 2.24) is 0 Å². The quantitative estimate of drug-likeness (QED) is 0.452. The minimum atomic E-state index is 0.0540. The third-order valence-electron chi connectivity index (χ3n) is 1.73. The van der Waals surface area contributed by atoms with E-state index in [1.807, 2.05) is 13.0 Å². The molecule has 0 saturated carbocycles. The van der Waals surface area contributed by atoms with E-state index in [-0.39, 0.29) is 5.17 Å². The Balaban J connectivity index is 3.13. The van der Waals surface area contributed by atoms with Crippen LogP contribution in [0.2, 0.25) is 0 Å². The van der Waals surface area contributed by atoms with Crippen molar-refractivity contribution >= 4 is 16.8 Å². The summed E-state index contributed by atoms with van der Waals surface area (Å²) in [5.41, 5.74) is 1.64. The van der Waals surface area contributed by atoms with Gasteiger partial charge in [-0.3, -0.25) is 0 Å². The third kappa shape index (κ3) is 2.12. The number of nitrogens with zero attached hydrogens (tertiary/aromatic N) is 1. The Hall–Kier alpha value is -1.22. The maximum absolute atomic E-state index is 8.44. The van der Waals surface area contributed by atoms with Crippen LogP contribution in [-0.2, 0) is 0 Å². The third-order valence-corrected chi connectivity index (χ3v) is 2.03. The van der Waals surface area contributed by atoms with Crippen molar-refractivity contribution in [3.05, 3.63) is 29.3 Å². The van der Waals surface area contributed by atoms with Crippen molar-refractivity contribution in [2.75, 3.05) is 7.11 Å². The summed E-state index contributed by atoms with van der Waals surface area (Å²) in [5.74, 6) is 0.722. The molecule has 0 spiro atoms. The first-order valence-corrected chi connectivity index (χ1v) is 4.09. The van der Waals surface area contributed by atoms with Gasteiger partial charge in [-0.25, -0.2) is 0 Å². The zero-order valence-corrected chi connectivity index (χ0v) is 8.17. The number of benzene rings is 1. The van der Waals surface area contributed by atoms with Crippen LogP contribution in [0.5, 0.6) is 5.75 Å². The molecule has 0 aliphatic carbocycles. The van der Waals surface area contributed by atoms with Gasteiger partial charge in [0.1, 0.15) is 5.75 Å². The molecular weight excluding hydrogens is 190 g/mol. The summed E-state index contributed by atoms with van der Waals surface area (Å²) < 4.78 is 5.09. The van der Waals surface area contributed by atoms with Crippen LogP contribution in [0, 0.1) is 6.92 Å². The molecule has 1 aromatic rings. The van der Waals surface area contributed by atoms with Crippen molar-refractivity contribution < 1.29 is 9.94 Å². The van der Waals surface area contributed by atoms with Crippen LogP contribution in [0.3, 0.4) is 0 Å². The van der Waals surface area contributed by atoms with E-state index >= 15 is 0 Å². The molecule has 1 N–H and O–H groups in total. The summed E-state index contributed by atoms with van der Waals surface area (Å²) in [7, 11) is 1.58. The summed E-state index contributed by atoms with van der Waals surface area (Å²) in [6, 6.07) is 5.33. The van der Waals surface area contributed by atoms with Crippen molar-refractivity contribution in [2.45, 2.75) is 6.92 Å². The fourth-order valence-electron chi connectivity index (χ4n) is 1.01. The van der Waals surface area contributed by atoms with Gasteiger partial charge in [0.15, 0.2) is 5.17 Å². The molecule has 0 amide bonds. The minimum Gasteiger partial charge on any atom is -0.496 e. The number of hydrogen-bond donors (Lipinski definition) is 1. The maximum Gasteiger partial charge on any atom is 0.175 e. The monoisotopic (exact) mass is 199 g/mol. The fraction of sp³-hybridized carbons (Fsp3) is 0.222. The minimum absolute atomic E-state index is 0.0540. The number of aryl methyl sites for hydroxylation is 1. The molecule has 70 valence electrons. The predicted molar refractivity (Wildman–Crippen MR) is 51.9 cm³/mol. The topological polar surface area (TPSA) is 41.8 Å². The lowest BCUT2D eigenvalue weighted by Gasteiger charge is -2.05. The first-order chi connectivity index (χ1) is 6.19. The van der Waals surface area contributed by atoms with Crippen LogP contribution < -0.4 is 4.74 Å². The number of oxime groups is 1. The van der Waals surface area contributed by atoms with Crippen LogP contribution >= 0.6 is 11.6 Å². The van der Waals surface area contributed by atoms with Crippen LogP contribution in [0.25, 0.3) is 0 Å². The summed E-state index contributed by atoms with van der Waals surface area (Å²) in [5, 5.41) is 11.4. The van der Waals surface area contributed by atoms with Gasteiger partial charge in [0.2, 0.25) is 0 Å². The van der Waals surface area contributed by atoms with Crippen molar-refractivity contribution in [3.8, 4) is 5.75 Å². The molecule has 0 unspecified atom stereocenters. The molecule has 0 fully saturated rings. The highest BCUT2D eigenvalue weighted by molar-refractivity contribution is 6.69. The number of methoxy groups -OCH3 is 1. The van der Waals surface area contributed by atoms with Gasteiger partial charge in [-0.05, 0) is 18.6 Å². The van der Waals surface area contributed by atoms with Crippen LogP contribution in [-0.4, -0.2) is 17.5 Å². The predicted octanol–water partition coefficient (Wildman–Crippen LogP) is 2.38. The van der Waals surface area contributed by atoms with Gasteiger partial charge in [-0.15, -0.1) is 0 Å². The molecule has 0 radical (unpaired) electrons. The van der Waals surface area contributed by atoms with E-state index in [9.17, 15) is 0 Å². The van der Waals surface area contributed by atoms with Crippen molar-refractivity contribution in [1.29, 1.82) is 0 Å². The second-order valence-electron chi connectivity index (χ2n) is 2.58. The molecule has 0 aliphatic rings. The highest BCUT2D eigenvalue weighted by atomic mass is 35.5. The molecule has 0 bridgehead atoms. The Bertz CT molecular complexity index is 336. The first kappa shape index (κ1) is 9.86. The molecule has 1 aromatic carbocycles. The SMILES string of the molecule is COc1cc(/C(Cl)=N\O)ccc1C. The molecule has 0 aliphatic heterocycles. The first-order valence-electron chi connectivity index (χ1n) is 3.71. The summed E-state index contributed by atoms with van der Waals surface area (Å²) >= 11 is 5.62. The molecule has 0 saturated heterocycles. The van der Waals surface area contributed by atoms with Crippen molar-refractivity contribution in [3.63, 3.8) is 0 Å². The van der Waals surface area contributed by atoms with Crippen LogP contribution in [0.15, 0.2) is 23.4 Å². The van der Waals surface area contributed by atoms with Gasteiger partial charge < -0.3 is 9.94 Å². The number of halogens is 1. The highest BCUT2D eigenvalue weighted by Gasteiger charge is 2.04. The second kappa shape index (κ2) is 4.14. The van der Waals surface area contributed by atoms with Gasteiger partial charge in [0.05, 0.1) is 7.11 Å². The summed E-state index contributed by atoms with van der Waals surface area (Å²) in [4.78, 5) is 0. The fourth-order valence-corrected chi connectivity index (χ4v) is 1.12. The van der Waals surface area contributed by atoms with E-state index in [0.717, 1.165) is 11.3 Å². The Kier molecular flexibility index (Phi) is 3.14. The zero-order valence-electron chi connectivity index (χ0n) is 7.41. The number of hydrogen-bond acceptors (Lipinski definition) is 3. The number of rotatable bonds is 2. The van der Waals surface area contributed by atoms with E-state index in [2.05, 4.69) is 5.16 Å². The average molecular weight is 200 g/mol. The molecular formula is C9H10ClNO2. The van der Waals surface area contributed by atoms with E-state index in [4.69, 9.17) is 21.5 Å². The Morgan fingerprint density at radius 1 is 1.54 bits per heavy atom. The van der Waals surface area contributed by atoms with E-state index < -0.39 is 0 Å². The van der Waals surface area contributed by atoms with E-state index in [0.29, 0.717) is 5.56 Å². The molecule has 13 heavy (non-hydrogen) atoms. The Morgan fingerprint density at radius 3 is 2.77 bits per heavy atom. The molecule has 0 atom stereocenters. The molecule has 0 aromatic heterocycles. The Morgan fingerprint density at radius 2 is 2.23 bits per heavy atom. The lowest BCUT2D eigenvalue weighted by molar-refractivity contribution is 0.321. The van der Waals surface area contributed by atoms with Crippen LogP contribution in [0.1, 0.15) is 11.1 Å². The number of ether oxygens (including phenoxy) is 1. The molecule has 0 heterocycles. The second-order valence-corrected chi connectivity index (χ2v) is 2.93. The van der Waals surface area contributed by atoms with E-state index in [1.165, 1.54) is 0 Å². The van der Waals surface area contributed by atoms with Gasteiger partial charge in [-0.1, -0.05) is 28.9 Å².